The van der Waals surface area contributed by atoms with Crippen molar-refractivity contribution in [2.24, 2.45) is 0 Å². The van der Waals surface area contributed by atoms with E-state index in [0.717, 1.165) is 22.5 Å². The van der Waals surface area contributed by atoms with Gasteiger partial charge in [0, 0.05) is 23.0 Å². The summed E-state index contributed by atoms with van der Waals surface area (Å²) in [7, 11) is 1.59. The molecule has 8 nitrogen and oxygen atoms in total. The van der Waals surface area contributed by atoms with Crippen LogP contribution in [0.2, 0.25) is 0 Å². The van der Waals surface area contributed by atoms with Crippen LogP contribution in [-0.2, 0) is 11.2 Å². The topological polar surface area (TPSA) is 91.2 Å². The normalized spacial score (nSPS) is 10.7. The van der Waals surface area contributed by atoms with E-state index >= 15 is 0 Å². The molecule has 168 valence electrons. The van der Waals surface area contributed by atoms with Gasteiger partial charge in [0.25, 0.3) is 0 Å². The molecule has 0 spiro atoms. The van der Waals surface area contributed by atoms with Crippen molar-refractivity contribution in [2.75, 3.05) is 12.4 Å². The third-order valence-corrected chi connectivity index (χ3v) is 5.40. The number of anilines is 1. The van der Waals surface area contributed by atoms with E-state index in [1.807, 2.05) is 51.1 Å². The highest BCUT2D eigenvalue weighted by atomic mass is 16.5. The standard InChI is InChI=1S/C25H25N5O3/c1-16-17(2)29-30(18(16)3)23-13-14-25(28-27-23)33-21-11-9-20(10-12-21)26-24(31)15-19-7-5-6-8-22(19)32-4/h5-14H,15H2,1-4H3,(H,26,31). The molecule has 4 aromatic rings. The van der Waals surface area contributed by atoms with Crippen LogP contribution in [-0.4, -0.2) is 33.0 Å². The Balaban J connectivity index is 1.37. The first-order chi connectivity index (χ1) is 15.9. The number of methoxy groups -OCH3 is 1. The molecular weight excluding hydrogens is 418 g/mol. The van der Waals surface area contributed by atoms with Crippen molar-refractivity contribution in [3.8, 4) is 23.2 Å². The van der Waals surface area contributed by atoms with E-state index in [1.165, 1.54) is 0 Å². The van der Waals surface area contributed by atoms with E-state index in [9.17, 15) is 4.79 Å². The van der Waals surface area contributed by atoms with Crippen molar-refractivity contribution in [3.05, 3.63) is 83.2 Å². The molecule has 0 unspecified atom stereocenters. The Bertz CT molecular complexity index is 1260. The minimum atomic E-state index is -0.131. The number of carbonyl (C=O) groups excluding carboxylic acids is 1. The number of benzene rings is 2. The Kier molecular flexibility index (Phi) is 6.35. The van der Waals surface area contributed by atoms with Gasteiger partial charge in [-0.25, -0.2) is 4.68 Å². The molecule has 1 amide bonds. The number of rotatable bonds is 7. The van der Waals surface area contributed by atoms with Crippen LogP contribution in [0, 0.1) is 20.8 Å². The van der Waals surface area contributed by atoms with Gasteiger partial charge in [0.15, 0.2) is 5.82 Å². The largest absolute Gasteiger partial charge is 0.496 e. The number of carbonyl (C=O) groups is 1. The van der Waals surface area contributed by atoms with Gasteiger partial charge in [-0.1, -0.05) is 18.2 Å². The van der Waals surface area contributed by atoms with Gasteiger partial charge in [0.1, 0.15) is 11.5 Å². The van der Waals surface area contributed by atoms with Gasteiger partial charge < -0.3 is 14.8 Å². The quantitative estimate of drug-likeness (QED) is 0.450. The number of amides is 1. The van der Waals surface area contributed by atoms with Gasteiger partial charge in [-0.3, -0.25) is 4.79 Å². The first-order valence-electron chi connectivity index (χ1n) is 10.5. The van der Waals surface area contributed by atoms with Crippen molar-refractivity contribution in [3.63, 3.8) is 0 Å². The van der Waals surface area contributed by atoms with Crippen LogP contribution in [0.5, 0.6) is 17.4 Å². The fraction of sp³-hybridized carbons (Fsp3) is 0.200. The van der Waals surface area contributed by atoms with Crippen LogP contribution in [0.4, 0.5) is 5.69 Å². The Morgan fingerprint density at radius 3 is 2.36 bits per heavy atom. The maximum atomic E-state index is 12.4. The summed E-state index contributed by atoms with van der Waals surface area (Å²) in [4.78, 5) is 12.4. The molecular formula is C25H25N5O3. The molecule has 1 N–H and O–H groups in total. The lowest BCUT2D eigenvalue weighted by Crippen LogP contribution is -2.14. The summed E-state index contributed by atoms with van der Waals surface area (Å²) in [6.07, 6.45) is 0.221. The van der Waals surface area contributed by atoms with Gasteiger partial charge >= 0.3 is 0 Å². The second-order valence-corrected chi connectivity index (χ2v) is 7.60. The zero-order valence-electron chi connectivity index (χ0n) is 19.0. The lowest BCUT2D eigenvalue weighted by Gasteiger charge is -2.10. The minimum absolute atomic E-state index is 0.131. The summed E-state index contributed by atoms with van der Waals surface area (Å²) in [5, 5.41) is 15.8. The fourth-order valence-corrected chi connectivity index (χ4v) is 3.38. The molecule has 4 rings (SSSR count). The highest BCUT2D eigenvalue weighted by Crippen LogP contribution is 2.23. The third-order valence-electron chi connectivity index (χ3n) is 5.40. The van der Waals surface area contributed by atoms with Crippen LogP contribution >= 0.6 is 0 Å². The molecule has 33 heavy (non-hydrogen) atoms. The van der Waals surface area contributed by atoms with E-state index in [2.05, 4.69) is 20.6 Å². The van der Waals surface area contributed by atoms with E-state index in [1.54, 1.807) is 42.1 Å². The summed E-state index contributed by atoms with van der Waals surface area (Å²) in [5.41, 5.74) is 4.62. The summed E-state index contributed by atoms with van der Waals surface area (Å²) in [6, 6.07) is 18.1. The van der Waals surface area contributed by atoms with Crippen molar-refractivity contribution in [2.45, 2.75) is 27.2 Å². The monoisotopic (exact) mass is 443 g/mol. The first kappa shape index (κ1) is 22.0. The van der Waals surface area contributed by atoms with Crippen LogP contribution in [0.1, 0.15) is 22.5 Å². The number of aromatic nitrogens is 4. The Hall–Kier alpha value is -4.20. The van der Waals surface area contributed by atoms with Crippen molar-refractivity contribution >= 4 is 11.6 Å². The smallest absolute Gasteiger partial charge is 0.238 e. The van der Waals surface area contributed by atoms with Crippen LogP contribution in [0.3, 0.4) is 0 Å². The summed E-state index contributed by atoms with van der Waals surface area (Å²) < 4.78 is 12.9. The average Bonchev–Trinajstić information content (AvgIpc) is 3.08. The zero-order chi connectivity index (χ0) is 23.4. The van der Waals surface area contributed by atoms with Crippen LogP contribution in [0.15, 0.2) is 60.7 Å². The number of ether oxygens (including phenoxy) is 2. The van der Waals surface area contributed by atoms with E-state index in [4.69, 9.17) is 9.47 Å². The van der Waals surface area contributed by atoms with Crippen LogP contribution < -0.4 is 14.8 Å². The summed E-state index contributed by atoms with van der Waals surface area (Å²) >= 11 is 0. The fourth-order valence-electron chi connectivity index (χ4n) is 3.38. The van der Waals surface area contributed by atoms with Crippen molar-refractivity contribution in [1.82, 2.24) is 20.0 Å². The van der Waals surface area contributed by atoms with Gasteiger partial charge in [-0.15, -0.1) is 10.2 Å². The maximum Gasteiger partial charge on any atom is 0.238 e. The molecule has 0 saturated carbocycles. The first-order valence-corrected chi connectivity index (χ1v) is 10.5. The average molecular weight is 444 g/mol. The molecule has 0 fully saturated rings. The molecule has 2 heterocycles. The predicted molar refractivity (Wildman–Crippen MR) is 125 cm³/mol. The molecule has 0 saturated heterocycles. The molecule has 0 bridgehead atoms. The lowest BCUT2D eigenvalue weighted by molar-refractivity contribution is -0.115. The Morgan fingerprint density at radius 2 is 1.73 bits per heavy atom. The minimum Gasteiger partial charge on any atom is -0.496 e. The molecule has 8 heteroatoms. The van der Waals surface area contributed by atoms with Crippen molar-refractivity contribution in [1.29, 1.82) is 0 Å². The van der Waals surface area contributed by atoms with Gasteiger partial charge in [-0.05, 0) is 62.7 Å². The SMILES string of the molecule is COc1ccccc1CC(=O)Nc1ccc(Oc2ccc(-n3nc(C)c(C)c3C)nn2)cc1. The molecule has 2 aromatic carbocycles. The van der Waals surface area contributed by atoms with Gasteiger partial charge in [0.05, 0.1) is 19.2 Å². The van der Waals surface area contributed by atoms with E-state index in [0.29, 0.717) is 28.9 Å². The number of nitrogens with zero attached hydrogens (tertiary/aromatic N) is 4. The molecule has 2 aromatic heterocycles. The number of nitrogens with one attached hydrogen (secondary N) is 1. The van der Waals surface area contributed by atoms with Crippen molar-refractivity contribution < 1.29 is 14.3 Å². The highest BCUT2D eigenvalue weighted by molar-refractivity contribution is 5.92. The third kappa shape index (κ3) is 5.01. The second-order valence-electron chi connectivity index (χ2n) is 7.60. The number of para-hydroxylation sites is 1. The zero-order valence-corrected chi connectivity index (χ0v) is 19.0. The molecule has 0 radical (unpaired) electrons. The Morgan fingerprint density at radius 1 is 0.970 bits per heavy atom. The second kappa shape index (κ2) is 9.52. The predicted octanol–water partition coefficient (Wildman–Crippen LogP) is 4.57. The molecule has 0 atom stereocenters. The lowest BCUT2D eigenvalue weighted by atomic mass is 10.1. The number of hydrogen-bond acceptors (Lipinski definition) is 6. The number of aryl methyl sites for hydroxylation is 1. The number of hydrogen-bond donors (Lipinski definition) is 1. The van der Waals surface area contributed by atoms with E-state index in [-0.39, 0.29) is 12.3 Å². The molecule has 0 aliphatic heterocycles. The van der Waals surface area contributed by atoms with E-state index < -0.39 is 0 Å². The summed E-state index contributed by atoms with van der Waals surface area (Å²) in [6.45, 7) is 6.00. The van der Waals surface area contributed by atoms with Crippen LogP contribution in [0.25, 0.3) is 5.82 Å². The maximum absolute atomic E-state index is 12.4. The molecule has 0 aliphatic rings. The highest BCUT2D eigenvalue weighted by Gasteiger charge is 2.11. The van der Waals surface area contributed by atoms with Gasteiger partial charge in [-0.2, -0.15) is 5.10 Å². The summed E-state index contributed by atoms with van der Waals surface area (Å²) in [5.74, 6) is 2.14. The van der Waals surface area contributed by atoms with Gasteiger partial charge in [0.2, 0.25) is 11.8 Å². The Labute approximate surface area is 192 Å². The molecule has 0 aliphatic carbocycles.